The van der Waals surface area contributed by atoms with Gasteiger partial charge in [-0.3, -0.25) is 0 Å². The minimum atomic E-state index is -0.394. The standard InChI is InChI=1S/C26H23Cl2FN2O4/c27-20-5-1-16(2-6-20)25(17-3-7-21(28)8-4-17)35-23-12-31(13-23)26(32)30-11-18-9-22(29)10-19-14-33-15-34-24(18)19/h1-10,23,25H,11-15H2,(H,30,32). The van der Waals surface area contributed by atoms with Crippen LogP contribution in [0.4, 0.5) is 9.18 Å². The van der Waals surface area contributed by atoms with Crippen molar-refractivity contribution in [3.05, 3.63) is 98.8 Å². The summed E-state index contributed by atoms with van der Waals surface area (Å²) in [5, 5.41) is 4.13. The molecule has 0 spiro atoms. The topological polar surface area (TPSA) is 60.0 Å². The highest BCUT2D eigenvalue weighted by Gasteiger charge is 2.34. The summed E-state index contributed by atoms with van der Waals surface area (Å²) in [5.41, 5.74) is 3.13. The van der Waals surface area contributed by atoms with Gasteiger partial charge in [0.05, 0.1) is 25.8 Å². The molecule has 35 heavy (non-hydrogen) atoms. The van der Waals surface area contributed by atoms with E-state index in [-0.39, 0.29) is 38.2 Å². The fourth-order valence-corrected chi connectivity index (χ4v) is 4.43. The zero-order chi connectivity index (χ0) is 24.4. The Bertz CT molecular complexity index is 1160. The first-order valence-corrected chi connectivity index (χ1v) is 11.9. The van der Waals surface area contributed by atoms with Crippen LogP contribution in [-0.2, 0) is 22.6 Å². The Morgan fingerprint density at radius 1 is 1.06 bits per heavy atom. The van der Waals surface area contributed by atoms with Gasteiger partial charge in [0, 0.05) is 27.7 Å². The highest BCUT2D eigenvalue weighted by molar-refractivity contribution is 6.30. The molecule has 2 aliphatic heterocycles. The molecule has 1 N–H and O–H groups in total. The third-order valence-electron chi connectivity index (χ3n) is 5.99. The third kappa shape index (κ3) is 5.54. The van der Waals surface area contributed by atoms with Crippen molar-refractivity contribution in [1.29, 1.82) is 0 Å². The van der Waals surface area contributed by atoms with Crippen molar-refractivity contribution in [3.8, 4) is 5.75 Å². The number of hydrogen-bond donors (Lipinski definition) is 1. The van der Waals surface area contributed by atoms with Gasteiger partial charge in [-0.1, -0.05) is 47.5 Å². The minimum absolute atomic E-state index is 0.104. The van der Waals surface area contributed by atoms with Crippen LogP contribution in [0.1, 0.15) is 28.4 Å². The molecule has 3 aromatic rings. The van der Waals surface area contributed by atoms with Gasteiger partial charge < -0.3 is 24.4 Å². The zero-order valence-electron chi connectivity index (χ0n) is 18.7. The first-order chi connectivity index (χ1) is 17.0. The first-order valence-electron chi connectivity index (χ1n) is 11.2. The van der Waals surface area contributed by atoms with Crippen molar-refractivity contribution in [2.45, 2.75) is 25.4 Å². The number of hydrogen-bond acceptors (Lipinski definition) is 4. The van der Waals surface area contributed by atoms with Gasteiger partial charge in [0.15, 0.2) is 6.79 Å². The number of amides is 2. The number of carbonyl (C=O) groups excluding carboxylic acids is 1. The number of carbonyl (C=O) groups is 1. The maximum absolute atomic E-state index is 13.9. The SMILES string of the molecule is O=C(NCc1cc(F)cc2c1OCOC2)N1CC(OC(c2ccc(Cl)cc2)c2ccc(Cl)cc2)C1. The van der Waals surface area contributed by atoms with Gasteiger partial charge in [-0.25, -0.2) is 9.18 Å². The van der Waals surface area contributed by atoms with E-state index in [2.05, 4.69) is 5.32 Å². The maximum Gasteiger partial charge on any atom is 0.317 e. The lowest BCUT2D eigenvalue weighted by Gasteiger charge is -2.40. The van der Waals surface area contributed by atoms with E-state index >= 15 is 0 Å². The molecule has 0 aromatic heterocycles. The summed E-state index contributed by atoms with van der Waals surface area (Å²) in [4.78, 5) is 14.3. The summed E-state index contributed by atoms with van der Waals surface area (Å²) in [6, 6.07) is 17.5. The molecule has 2 amide bonds. The van der Waals surface area contributed by atoms with E-state index in [9.17, 15) is 9.18 Å². The largest absolute Gasteiger partial charge is 0.467 e. The smallest absolute Gasteiger partial charge is 0.317 e. The Hall–Kier alpha value is -2.84. The molecule has 0 bridgehead atoms. The lowest BCUT2D eigenvalue weighted by atomic mass is 10.0. The van der Waals surface area contributed by atoms with Crippen molar-refractivity contribution in [2.24, 2.45) is 0 Å². The van der Waals surface area contributed by atoms with Crippen molar-refractivity contribution < 1.29 is 23.4 Å². The molecule has 182 valence electrons. The normalized spacial score (nSPS) is 15.4. The molecule has 2 heterocycles. The Balaban J connectivity index is 1.20. The molecule has 0 saturated carbocycles. The second kappa shape index (κ2) is 10.4. The lowest BCUT2D eigenvalue weighted by Crippen LogP contribution is -2.57. The van der Waals surface area contributed by atoms with Crippen molar-refractivity contribution in [3.63, 3.8) is 0 Å². The van der Waals surface area contributed by atoms with Gasteiger partial charge in [0.1, 0.15) is 17.7 Å². The number of benzene rings is 3. The summed E-state index contributed by atoms with van der Waals surface area (Å²) < 4.78 is 31.0. The lowest BCUT2D eigenvalue weighted by molar-refractivity contribution is -0.0646. The quantitative estimate of drug-likeness (QED) is 0.456. The van der Waals surface area contributed by atoms with Crippen LogP contribution in [-0.4, -0.2) is 36.9 Å². The van der Waals surface area contributed by atoms with E-state index in [4.69, 9.17) is 37.4 Å². The number of likely N-dealkylation sites (tertiary alicyclic amines) is 1. The summed E-state index contributed by atoms with van der Waals surface area (Å²) >= 11 is 12.1. The second-order valence-electron chi connectivity index (χ2n) is 8.47. The molecule has 3 aromatic carbocycles. The highest BCUT2D eigenvalue weighted by Crippen LogP contribution is 2.32. The van der Waals surface area contributed by atoms with Gasteiger partial charge in [0.25, 0.3) is 0 Å². The van der Waals surface area contributed by atoms with Gasteiger partial charge in [-0.05, 0) is 47.5 Å². The number of nitrogens with one attached hydrogen (secondary N) is 1. The molecule has 6 nitrogen and oxygen atoms in total. The van der Waals surface area contributed by atoms with Crippen molar-refractivity contribution >= 4 is 29.2 Å². The van der Waals surface area contributed by atoms with Gasteiger partial charge >= 0.3 is 6.03 Å². The van der Waals surface area contributed by atoms with E-state index in [1.807, 2.05) is 48.5 Å². The molecule has 0 radical (unpaired) electrons. The number of urea groups is 1. The maximum atomic E-state index is 13.9. The van der Waals surface area contributed by atoms with Crippen molar-refractivity contribution in [2.75, 3.05) is 19.9 Å². The number of fused-ring (bicyclic) bond motifs is 1. The summed E-state index contributed by atoms with van der Waals surface area (Å²) in [6.07, 6.45) is -0.461. The molecule has 1 fully saturated rings. The van der Waals surface area contributed by atoms with Crippen LogP contribution in [0.5, 0.6) is 5.75 Å². The van der Waals surface area contributed by atoms with E-state index in [1.165, 1.54) is 12.1 Å². The average Bonchev–Trinajstić information content (AvgIpc) is 2.83. The van der Waals surface area contributed by atoms with Crippen LogP contribution >= 0.6 is 23.2 Å². The van der Waals surface area contributed by atoms with Crippen molar-refractivity contribution in [1.82, 2.24) is 10.2 Å². The summed E-state index contributed by atoms with van der Waals surface area (Å²) in [6.45, 7) is 1.41. The van der Waals surface area contributed by atoms with Crippen LogP contribution in [0.2, 0.25) is 10.0 Å². The Morgan fingerprint density at radius 2 is 1.69 bits per heavy atom. The Morgan fingerprint density at radius 3 is 2.31 bits per heavy atom. The Kier molecular flexibility index (Phi) is 7.11. The predicted octanol–water partition coefficient (Wildman–Crippen LogP) is 5.70. The average molecular weight is 517 g/mol. The highest BCUT2D eigenvalue weighted by atomic mass is 35.5. The summed E-state index contributed by atoms with van der Waals surface area (Å²) in [5.74, 6) is 0.173. The minimum Gasteiger partial charge on any atom is -0.467 e. The molecular formula is C26H23Cl2FN2O4. The molecular weight excluding hydrogens is 494 g/mol. The molecule has 9 heteroatoms. The zero-order valence-corrected chi connectivity index (χ0v) is 20.2. The van der Waals surface area contributed by atoms with Crippen LogP contribution in [0, 0.1) is 5.82 Å². The molecule has 0 aliphatic carbocycles. The molecule has 5 rings (SSSR count). The number of nitrogens with zero attached hydrogens (tertiary/aromatic N) is 1. The van der Waals surface area contributed by atoms with Crippen LogP contribution in [0.15, 0.2) is 60.7 Å². The predicted molar refractivity (Wildman–Crippen MR) is 130 cm³/mol. The molecule has 2 aliphatic rings. The Labute approximate surface area is 212 Å². The van der Waals surface area contributed by atoms with E-state index in [1.54, 1.807) is 4.90 Å². The number of rotatable bonds is 6. The number of ether oxygens (including phenoxy) is 3. The van der Waals surface area contributed by atoms with E-state index < -0.39 is 5.82 Å². The fraction of sp³-hybridized carbons (Fsp3) is 0.269. The monoisotopic (exact) mass is 516 g/mol. The van der Waals surface area contributed by atoms with Crippen LogP contribution in [0.3, 0.4) is 0 Å². The van der Waals surface area contributed by atoms with Crippen LogP contribution in [0.25, 0.3) is 0 Å². The van der Waals surface area contributed by atoms with E-state index in [0.717, 1.165) is 11.1 Å². The summed E-state index contributed by atoms with van der Waals surface area (Å²) in [7, 11) is 0. The van der Waals surface area contributed by atoms with Gasteiger partial charge in [-0.2, -0.15) is 0 Å². The van der Waals surface area contributed by atoms with Gasteiger partial charge in [0.2, 0.25) is 0 Å². The molecule has 0 unspecified atom stereocenters. The number of halogens is 3. The molecule has 1 saturated heterocycles. The molecule has 0 atom stereocenters. The van der Waals surface area contributed by atoms with E-state index in [0.29, 0.717) is 40.0 Å². The van der Waals surface area contributed by atoms with Crippen LogP contribution < -0.4 is 10.1 Å². The van der Waals surface area contributed by atoms with Gasteiger partial charge in [-0.15, -0.1) is 0 Å². The second-order valence-corrected chi connectivity index (χ2v) is 9.34. The fourth-order valence-electron chi connectivity index (χ4n) is 4.18. The third-order valence-corrected chi connectivity index (χ3v) is 6.50. The first kappa shape index (κ1) is 23.9.